The Bertz CT molecular complexity index is 483. The minimum Gasteiger partial charge on any atom is -0.481 e. The molecule has 0 radical (unpaired) electrons. The predicted molar refractivity (Wildman–Crippen MR) is 76.1 cm³/mol. The third-order valence-electron chi connectivity index (χ3n) is 3.22. The summed E-state index contributed by atoms with van der Waals surface area (Å²) < 4.78 is 5.35. The number of aliphatic carboxylic acids is 1. The van der Waals surface area contributed by atoms with E-state index in [-0.39, 0.29) is 12.5 Å². The molecule has 1 atom stereocenters. The zero-order valence-corrected chi connectivity index (χ0v) is 11.7. The Balaban J connectivity index is 1.75. The van der Waals surface area contributed by atoms with E-state index in [4.69, 9.17) is 9.84 Å². The number of pyridine rings is 1. The van der Waals surface area contributed by atoms with Crippen molar-refractivity contribution in [3.05, 3.63) is 24.0 Å². The van der Waals surface area contributed by atoms with Crippen LogP contribution in [0.2, 0.25) is 0 Å². The van der Waals surface area contributed by atoms with Crippen molar-refractivity contribution < 1.29 is 19.4 Å². The van der Waals surface area contributed by atoms with Crippen molar-refractivity contribution in [3.8, 4) is 0 Å². The lowest BCUT2D eigenvalue weighted by Crippen LogP contribution is -2.35. The van der Waals surface area contributed by atoms with Crippen molar-refractivity contribution in [2.45, 2.75) is 19.3 Å². The summed E-state index contributed by atoms with van der Waals surface area (Å²) >= 11 is 0. The molecule has 114 valence electrons. The molecule has 1 unspecified atom stereocenters. The van der Waals surface area contributed by atoms with E-state index in [0.29, 0.717) is 30.5 Å². The lowest BCUT2D eigenvalue weighted by molar-refractivity contribution is -0.136. The number of carboxylic acids is 1. The number of nitrogens with one attached hydrogen (secondary N) is 2. The molecule has 0 spiro atoms. The van der Waals surface area contributed by atoms with Crippen LogP contribution in [0.1, 0.15) is 18.5 Å². The van der Waals surface area contributed by atoms with E-state index in [9.17, 15) is 9.59 Å². The molecule has 2 heterocycles. The van der Waals surface area contributed by atoms with Crippen LogP contribution in [-0.2, 0) is 16.0 Å². The van der Waals surface area contributed by atoms with Gasteiger partial charge in [-0.25, -0.2) is 4.79 Å². The summed E-state index contributed by atoms with van der Waals surface area (Å²) in [4.78, 5) is 26.2. The van der Waals surface area contributed by atoms with Crippen molar-refractivity contribution in [1.82, 2.24) is 10.3 Å². The summed E-state index contributed by atoms with van der Waals surface area (Å²) in [6.45, 7) is 2.07. The molecule has 1 aliphatic heterocycles. The highest BCUT2D eigenvalue weighted by atomic mass is 16.5. The van der Waals surface area contributed by atoms with Crippen LogP contribution in [0.15, 0.2) is 18.3 Å². The van der Waals surface area contributed by atoms with Gasteiger partial charge in [0.2, 0.25) is 0 Å². The maximum absolute atomic E-state index is 11.7. The quantitative estimate of drug-likeness (QED) is 0.758. The average Bonchev–Trinajstić information content (AvgIpc) is 2.48. The topological polar surface area (TPSA) is 101 Å². The highest BCUT2D eigenvalue weighted by Gasteiger charge is 2.14. The number of hydrogen-bond acceptors (Lipinski definition) is 4. The number of carboxylic acid groups (broad SMARTS) is 1. The second-order valence-electron chi connectivity index (χ2n) is 5.03. The van der Waals surface area contributed by atoms with Crippen molar-refractivity contribution >= 4 is 17.7 Å². The van der Waals surface area contributed by atoms with Crippen LogP contribution in [0.25, 0.3) is 0 Å². The molecule has 1 aliphatic rings. The zero-order valence-electron chi connectivity index (χ0n) is 11.7. The van der Waals surface area contributed by atoms with E-state index in [1.165, 1.54) is 6.20 Å². The molecule has 1 fully saturated rings. The minimum atomic E-state index is -0.935. The smallest absolute Gasteiger partial charge is 0.319 e. The fraction of sp³-hybridized carbons (Fsp3) is 0.500. The van der Waals surface area contributed by atoms with E-state index in [0.717, 1.165) is 19.4 Å². The Hall–Kier alpha value is -2.15. The van der Waals surface area contributed by atoms with Crippen molar-refractivity contribution in [2.24, 2.45) is 5.92 Å². The Kier molecular flexibility index (Phi) is 5.51. The summed E-state index contributed by atoms with van der Waals surface area (Å²) in [6.07, 6.45) is 3.41. The summed E-state index contributed by atoms with van der Waals surface area (Å²) in [5, 5.41) is 14.1. The zero-order chi connectivity index (χ0) is 15.1. The van der Waals surface area contributed by atoms with E-state index in [1.807, 2.05) is 0 Å². The van der Waals surface area contributed by atoms with Gasteiger partial charge in [0, 0.05) is 13.2 Å². The number of anilines is 1. The maximum atomic E-state index is 11.7. The van der Waals surface area contributed by atoms with Gasteiger partial charge in [-0.2, -0.15) is 0 Å². The molecule has 0 aromatic carbocycles. The first kappa shape index (κ1) is 15.2. The molecule has 7 nitrogen and oxygen atoms in total. The fourth-order valence-electron chi connectivity index (χ4n) is 2.14. The van der Waals surface area contributed by atoms with Crippen LogP contribution in [0.4, 0.5) is 10.5 Å². The molecule has 2 rings (SSSR count). The van der Waals surface area contributed by atoms with Gasteiger partial charge in [0.1, 0.15) is 0 Å². The van der Waals surface area contributed by atoms with Crippen LogP contribution < -0.4 is 10.6 Å². The monoisotopic (exact) mass is 293 g/mol. The first-order chi connectivity index (χ1) is 10.1. The molecular formula is C14H19N3O4. The summed E-state index contributed by atoms with van der Waals surface area (Å²) in [6, 6.07) is 2.92. The molecule has 0 bridgehead atoms. The number of aromatic nitrogens is 1. The average molecular weight is 293 g/mol. The minimum absolute atomic E-state index is 0.131. The Morgan fingerprint density at radius 2 is 2.29 bits per heavy atom. The highest BCUT2D eigenvalue weighted by molar-refractivity contribution is 5.89. The van der Waals surface area contributed by atoms with Crippen LogP contribution in [0.5, 0.6) is 0 Å². The van der Waals surface area contributed by atoms with E-state index in [2.05, 4.69) is 15.6 Å². The van der Waals surface area contributed by atoms with Crippen LogP contribution in [0, 0.1) is 5.92 Å². The van der Waals surface area contributed by atoms with Gasteiger partial charge in [-0.05, 0) is 30.9 Å². The van der Waals surface area contributed by atoms with Crippen LogP contribution in [0.3, 0.4) is 0 Å². The third-order valence-corrected chi connectivity index (χ3v) is 3.22. The van der Waals surface area contributed by atoms with Gasteiger partial charge in [-0.1, -0.05) is 0 Å². The normalized spacial score (nSPS) is 18.0. The SMILES string of the molecule is O=C(O)Cc1ccc(NC(=O)NCC2CCCOC2)cn1. The van der Waals surface area contributed by atoms with Crippen molar-refractivity contribution in [2.75, 3.05) is 25.1 Å². The van der Waals surface area contributed by atoms with Gasteiger partial charge >= 0.3 is 12.0 Å². The molecule has 1 saturated heterocycles. The van der Waals surface area contributed by atoms with Crippen molar-refractivity contribution in [1.29, 1.82) is 0 Å². The standard InChI is InChI=1S/C14H19N3O4/c18-13(19)6-11-3-4-12(8-15-11)17-14(20)16-7-10-2-1-5-21-9-10/h3-4,8,10H,1-2,5-7,9H2,(H,18,19)(H2,16,17,20). The van der Waals surface area contributed by atoms with Gasteiger partial charge < -0.3 is 20.5 Å². The Labute approximate surface area is 122 Å². The maximum Gasteiger partial charge on any atom is 0.319 e. The number of nitrogens with zero attached hydrogens (tertiary/aromatic N) is 1. The third kappa shape index (κ3) is 5.39. The van der Waals surface area contributed by atoms with E-state index < -0.39 is 5.97 Å². The van der Waals surface area contributed by atoms with Crippen LogP contribution in [-0.4, -0.2) is 41.8 Å². The summed E-state index contributed by atoms with van der Waals surface area (Å²) in [5.74, 6) is -0.573. The highest BCUT2D eigenvalue weighted by Crippen LogP contribution is 2.12. The Morgan fingerprint density at radius 3 is 2.90 bits per heavy atom. The second-order valence-corrected chi connectivity index (χ2v) is 5.03. The predicted octanol–water partition coefficient (Wildman–Crippen LogP) is 1.26. The summed E-state index contributed by atoms with van der Waals surface area (Å²) in [5.41, 5.74) is 0.981. The van der Waals surface area contributed by atoms with E-state index >= 15 is 0 Å². The molecule has 2 amide bonds. The molecule has 1 aromatic rings. The fourth-order valence-corrected chi connectivity index (χ4v) is 2.14. The number of urea groups is 1. The number of amides is 2. The molecule has 3 N–H and O–H groups in total. The lowest BCUT2D eigenvalue weighted by Gasteiger charge is -2.22. The summed E-state index contributed by atoms with van der Waals surface area (Å²) in [7, 11) is 0. The van der Waals surface area contributed by atoms with E-state index in [1.54, 1.807) is 12.1 Å². The number of ether oxygens (including phenoxy) is 1. The van der Waals surface area contributed by atoms with Crippen LogP contribution >= 0.6 is 0 Å². The molecule has 1 aromatic heterocycles. The number of rotatable bonds is 5. The molecule has 0 aliphatic carbocycles. The number of hydrogen-bond donors (Lipinski definition) is 3. The number of carbonyl (C=O) groups excluding carboxylic acids is 1. The molecular weight excluding hydrogens is 274 g/mol. The largest absolute Gasteiger partial charge is 0.481 e. The molecule has 7 heteroatoms. The van der Waals surface area contributed by atoms with Gasteiger partial charge in [0.05, 0.1) is 30.6 Å². The molecule has 0 saturated carbocycles. The van der Waals surface area contributed by atoms with Gasteiger partial charge in [0.25, 0.3) is 0 Å². The van der Waals surface area contributed by atoms with Gasteiger partial charge in [0.15, 0.2) is 0 Å². The van der Waals surface area contributed by atoms with Gasteiger partial charge in [-0.15, -0.1) is 0 Å². The second kappa shape index (κ2) is 7.58. The first-order valence-electron chi connectivity index (χ1n) is 6.93. The lowest BCUT2D eigenvalue weighted by atomic mass is 10.0. The first-order valence-corrected chi connectivity index (χ1v) is 6.93. The Morgan fingerprint density at radius 1 is 1.43 bits per heavy atom. The van der Waals surface area contributed by atoms with Crippen molar-refractivity contribution in [3.63, 3.8) is 0 Å². The van der Waals surface area contributed by atoms with Gasteiger partial charge in [-0.3, -0.25) is 9.78 Å². The number of carbonyl (C=O) groups is 2. The molecule has 21 heavy (non-hydrogen) atoms.